The molecule has 0 atom stereocenters. The normalized spacial score (nSPS) is 10.3. The Bertz CT molecular complexity index is 661. The van der Waals surface area contributed by atoms with E-state index in [2.05, 4.69) is 0 Å². The van der Waals surface area contributed by atoms with E-state index < -0.39 is 11.8 Å². The van der Waals surface area contributed by atoms with Crippen molar-refractivity contribution in [2.45, 2.75) is 6.61 Å². The summed E-state index contributed by atoms with van der Waals surface area (Å²) in [6, 6.07) is 8.45. The van der Waals surface area contributed by atoms with Crippen molar-refractivity contribution in [3.63, 3.8) is 0 Å². The number of hydrogen-bond donors (Lipinski definition) is 2. The molecule has 0 amide bonds. The average Bonchev–Trinajstić information content (AvgIpc) is 2.37. The largest absolute Gasteiger partial charge is 0.488 e. The second-order valence-electron chi connectivity index (χ2n) is 4.05. The molecule has 3 N–H and O–H groups in total. The lowest BCUT2D eigenvalue weighted by Crippen LogP contribution is -2.07. The predicted molar refractivity (Wildman–Crippen MR) is 73.6 cm³/mol. The molecule has 0 heterocycles. The molecule has 0 fully saturated rings. The molecule has 0 radical (unpaired) electrons. The molecule has 0 aliphatic rings. The van der Waals surface area contributed by atoms with E-state index in [1.54, 1.807) is 6.07 Å². The van der Waals surface area contributed by atoms with Crippen LogP contribution in [0.3, 0.4) is 0 Å². The molecule has 2 rings (SSSR count). The van der Waals surface area contributed by atoms with Crippen molar-refractivity contribution in [2.24, 2.45) is 0 Å². The second kappa shape index (κ2) is 5.79. The van der Waals surface area contributed by atoms with Gasteiger partial charge in [-0.05, 0) is 24.3 Å². The minimum Gasteiger partial charge on any atom is -0.488 e. The first-order valence-electron chi connectivity index (χ1n) is 5.67. The van der Waals surface area contributed by atoms with Gasteiger partial charge in [-0.1, -0.05) is 23.7 Å². The van der Waals surface area contributed by atoms with Gasteiger partial charge in [0, 0.05) is 11.3 Å². The first-order chi connectivity index (χ1) is 9.49. The Morgan fingerprint density at radius 1 is 1.35 bits per heavy atom. The van der Waals surface area contributed by atoms with Crippen molar-refractivity contribution in [2.75, 3.05) is 5.73 Å². The molecule has 0 saturated heterocycles. The third-order valence-corrected chi connectivity index (χ3v) is 3.02. The van der Waals surface area contributed by atoms with Gasteiger partial charge >= 0.3 is 5.97 Å². The third kappa shape index (κ3) is 3.00. The number of nitrogens with two attached hydrogens (primary N) is 1. The lowest BCUT2D eigenvalue weighted by molar-refractivity contribution is 0.0693. The monoisotopic (exact) mass is 295 g/mol. The molecule has 104 valence electrons. The highest BCUT2D eigenvalue weighted by molar-refractivity contribution is 6.31. The van der Waals surface area contributed by atoms with Crippen molar-refractivity contribution in [3.8, 4) is 5.75 Å². The first kappa shape index (κ1) is 14.1. The molecule has 20 heavy (non-hydrogen) atoms. The fourth-order valence-electron chi connectivity index (χ4n) is 1.69. The van der Waals surface area contributed by atoms with Crippen LogP contribution in [0.1, 0.15) is 15.9 Å². The molecule has 0 aliphatic heterocycles. The maximum Gasteiger partial charge on any atom is 0.341 e. The minimum absolute atomic E-state index is 0.0167. The molecule has 2 aromatic carbocycles. The van der Waals surface area contributed by atoms with Crippen LogP contribution in [-0.2, 0) is 6.61 Å². The van der Waals surface area contributed by atoms with E-state index >= 15 is 0 Å². The Labute approximate surface area is 119 Å². The van der Waals surface area contributed by atoms with Crippen LogP contribution < -0.4 is 10.5 Å². The quantitative estimate of drug-likeness (QED) is 0.849. The van der Waals surface area contributed by atoms with Gasteiger partial charge in [0.25, 0.3) is 0 Å². The topological polar surface area (TPSA) is 72.5 Å². The number of carbonyl (C=O) groups is 1. The van der Waals surface area contributed by atoms with E-state index in [4.69, 9.17) is 27.2 Å². The Balaban J connectivity index is 2.23. The number of carboxylic acids is 1. The van der Waals surface area contributed by atoms with Crippen molar-refractivity contribution in [3.05, 3.63) is 58.4 Å². The molecule has 4 nitrogen and oxygen atoms in total. The lowest BCUT2D eigenvalue weighted by Gasteiger charge is -2.11. The van der Waals surface area contributed by atoms with Gasteiger partial charge in [0.1, 0.15) is 23.7 Å². The van der Waals surface area contributed by atoms with E-state index in [-0.39, 0.29) is 28.6 Å². The van der Waals surface area contributed by atoms with Gasteiger partial charge in [-0.3, -0.25) is 0 Å². The zero-order chi connectivity index (χ0) is 14.7. The number of aromatic carboxylic acids is 1. The van der Waals surface area contributed by atoms with Crippen molar-refractivity contribution in [1.82, 2.24) is 0 Å². The Morgan fingerprint density at radius 3 is 2.75 bits per heavy atom. The number of benzene rings is 2. The zero-order valence-electron chi connectivity index (χ0n) is 10.3. The Morgan fingerprint density at radius 2 is 2.10 bits per heavy atom. The standard InChI is InChI=1S/C14H11ClFNO3/c15-10-6-9(16)5-4-8(10)7-20-12-3-1-2-11(17)13(12)14(18)19/h1-6H,7,17H2,(H,18,19). The number of ether oxygens (including phenoxy) is 1. The van der Waals surface area contributed by atoms with Gasteiger partial charge in [0.15, 0.2) is 0 Å². The molecule has 0 unspecified atom stereocenters. The summed E-state index contributed by atoms with van der Waals surface area (Å²) < 4.78 is 18.3. The van der Waals surface area contributed by atoms with Crippen LogP contribution in [0.4, 0.5) is 10.1 Å². The van der Waals surface area contributed by atoms with E-state index in [1.807, 2.05) is 0 Å². The van der Waals surface area contributed by atoms with Crippen LogP contribution in [0, 0.1) is 5.82 Å². The predicted octanol–water partition coefficient (Wildman–Crippen LogP) is 3.34. The maximum absolute atomic E-state index is 12.9. The van der Waals surface area contributed by atoms with Crippen LogP contribution in [0.2, 0.25) is 5.02 Å². The Kier molecular flexibility index (Phi) is 4.10. The molecule has 0 spiro atoms. The van der Waals surface area contributed by atoms with E-state index in [1.165, 1.54) is 24.3 Å². The van der Waals surface area contributed by atoms with Gasteiger partial charge in [-0.25, -0.2) is 9.18 Å². The van der Waals surface area contributed by atoms with Crippen LogP contribution in [0.15, 0.2) is 36.4 Å². The molecule has 0 bridgehead atoms. The van der Waals surface area contributed by atoms with E-state index in [0.717, 1.165) is 6.07 Å². The van der Waals surface area contributed by atoms with E-state index in [9.17, 15) is 9.18 Å². The summed E-state index contributed by atoms with van der Waals surface area (Å²) in [5.74, 6) is -1.49. The van der Waals surface area contributed by atoms with Crippen LogP contribution >= 0.6 is 11.6 Å². The highest BCUT2D eigenvalue weighted by Crippen LogP contribution is 2.26. The van der Waals surface area contributed by atoms with Crippen LogP contribution in [-0.4, -0.2) is 11.1 Å². The van der Waals surface area contributed by atoms with Gasteiger partial charge in [-0.15, -0.1) is 0 Å². The summed E-state index contributed by atoms with van der Waals surface area (Å²) in [4.78, 5) is 11.1. The van der Waals surface area contributed by atoms with Gasteiger partial charge in [-0.2, -0.15) is 0 Å². The number of carboxylic acid groups (broad SMARTS) is 1. The van der Waals surface area contributed by atoms with Crippen LogP contribution in [0.25, 0.3) is 0 Å². The third-order valence-electron chi connectivity index (χ3n) is 2.67. The number of halogens is 2. The molecular formula is C14H11ClFNO3. The first-order valence-corrected chi connectivity index (χ1v) is 6.05. The lowest BCUT2D eigenvalue weighted by atomic mass is 10.1. The number of hydrogen-bond acceptors (Lipinski definition) is 3. The van der Waals surface area contributed by atoms with Crippen molar-refractivity contribution < 1.29 is 19.0 Å². The molecule has 6 heteroatoms. The SMILES string of the molecule is Nc1cccc(OCc2ccc(F)cc2Cl)c1C(=O)O. The Hall–Kier alpha value is -2.27. The van der Waals surface area contributed by atoms with Gasteiger partial charge in [0.05, 0.1) is 5.02 Å². The van der Waals surface area contributed by atoms with Crippen molar-refractivity contribution >= 4 is 23.3 Å². The summed E-state index contributed by atoms with van der Waals surface area (Å²) in [5.41, 5.74) is 6.16. The minimum atomic E-state index is -1.18. The fourth-order valence-corrected chi connectivity index (χ4v) is 1.91. The van der Waals surface area contributed by atoms with Crippen LogP contribution in [0.5, 0.6) is 5.75 Å². The summed E-state index contributed by atoms with van der Waals surface area (Å²) in [7, 11) is 0. The number of rotatable bonds is 4. The van der Waals surface area contributed by atoms with Crippen molar-refractivity contribution in [1.29, 1.82) is 0 Å². The summed E-state index contributed by atoms with van der Waals surface area (Å²) in [6.07, 6.45) is 0. The average molecular weight is 296 g/mol. The fraction of sp³-hybridized carbons (Fsp3) is 0.0714. The summed E-state index contributed by atoms with van der Waals surface area (Å²) in [5, 5.41) is 9.31. The number of nitrogen functional groups attached to an aromatic ring is 1. The highest BCUT2D eigenvalue weighted by atomic mass is 35.5. The molecule has 0 aliphatic carbocycles. The summed E-state index contributed by atoms with van der Waals surface area (Å²) >= 11 is 5.87. The van der Waals surface area contributed by atoms with E-state index in [0.29, 0.717) is 5.56 Å². The maximum atomic E-state index is 12.9. The molecular weight excluding hydrogens is 285 g/mol. The second-order valence-corrected chi connectivity index (χ2v) is 4.46. The van der Waals surface area contributed by atoms with Gasteiger partial charge < -0.3 is 15.6 Å². The highest BCUT2D eigenvalue weighted by Gasteiger charge is 2.15. The smallest absolute Gasteiger partial charge is 0.341 e. The van der Waals surface area contributed by atoms with Gasteiger partial charge in [0.2, 0.25) is 0 Å². The molecule has 0 aromatic heterocycles. The zero-order valence-corrected chi connectivity index (χ0v) is 11.0. The number of anilines is 1. The summed E-state index contributed by atoms with van der Waals surface area (Å²) in [6.45, 7) is 0.0167. The molecule has 0 saturated carbocycles. The molecule has 2 aromatic rings.